The number of rotatable bonds is 9. The number of hydrogen-bond donors (Lipinski definition) is 1. The largest absolute Gasteiger partial charge is 0.493 e. The van der Waals surface area contributed by atoms with Gasteiger partial charge in [-0.1, -0.05) is 23.9 Å². The fraction of sp³-hybridized carbons (Fsp3) is 0.138. The summed E-state index contributed by atoms with van der Waals surface area (Å²) in [5.74, 6) is 1.28. The Morgan fingerprint density at radius 3 is 2.62 bits per heavy atom. The predicted octanol–water partition coefficient (Wildman–Crippen LogP) is 5.36. The van der Waals surface area contributed by atoms with Crippen molar-refractivity contribution in [3.8, 4) is 17.2 Å². The average Bonchev–Trinajstić information content (AvgIpc) is 3.48. The maximum Gasteiger partial charge on any atom is 0.266 e. The molecule has 10 heteroatoms. The molecule has 0 bridgehead atoms. The maximum absolute atomic E-state index is 13.8. The first-order chi connectivity index (χ1) is 19.0. The van der Waals surface area contributed by atoms with Crippen LogP contribution in [0.15, 0.2) is 93.4 Å². The van der Waals surface area contributed by atoms with Crippen molar-refractivity contribution in [2.45, 2.75) is 17.5 Å². The molecule has 0 saturated carbocycles. The minimum Gasteiger partial charge on any atom is -0.493 e. The van der Waals surface area contributed by atoms with Crippen LogP contribution in [0.4, 0.5) is 4.39 Å². The highest BCUT2D eigenvalue weighted by Crippen LogP contribution is 2.31. The van der Waals surface area contributed by atoms with Crippen molar-refractivity contribution in [2.24, 2.45) is 0 Å². The lowest BCUT2D eigenvalue weighted by Crippen LogP contribution is -2.24. The Bertz CT molecular complexity index is 1700. The summed E-state index contributed by atoms with van der Waals surface area (Å²) in [4.78, 5) is 31.3. The second kappa shape index (κ2) is 11.4. The minimum atomic E-state index is -0.345. The van der Waals surface area contributed by atoms with E-state index >= 15 is 0 Å². The molecular formula is C29H24FN3O5S. The van der Waals surface area contributed by atoms with E-state index in [1.54, 1.807) is 60.7 Å². The van der Waals surface area contributed by atoms with Crippen molar-refractivity contribution in [3.05, 3.63) is 112 Å². The number of carbonyl (C=O) groups is 1. The molecule has 39 heavy (non-hydrogen) atoms. The molecule has 198 valence electrons. The van der Waals surface area contributed by atoms with Crippen LogP contribution in [0.2, 0.25) is 0 Å². The van der Waals surface area contributed by atoms with E-state index in [2.05, 4.69) is 5.32 Å². The fourth-order valence-corrected chi connectivity index (χ4v) is 5.01. The molecule has 8 nitrogen and oxygen atoms in total. The van der Waals surface area contributed by atoms with Gasteiger partial charge in [-0.3, -0.25) is 14.2 Å². The number of thioether (sulfide) groups is 1. The number of nitrogens with one attached hydrogen (secondary N) is 1. The van der Waals surface area contributed by atoms with Crippen molar-refractivity contribution in [3.63, 3.8) is 0 Å². The number of fused-ring (bicyclic) bond motifs is 1. The Morgan fingerprint density at radius 1 is 1.03 bits per heavy atom. The van der Waals surface area contributed by atoms with E-state index in [-0.39, 0.29) is 23.8 Å². The lowest BCUT2D eigenvalue weighted by Gasteiger charge is -2.16. The zero-order valence-corrected chi connectivity index (χ0v) is 22.0. The third kappa shape index (κ3) is 5.65. The number of furan rings is 1. The molecule has 0 fully saturated rings. The molecule has 1 amide bonds. The van der Waals surface area contributed by atoms with Gasteiger partial charge >= 0.3 is 0 Å². The first kappa shape index (κ1) is 26.1. The summed E-state index contributed by atoms with van der Waals surface area (Å²) in [6.45, 7) is 0.229. The van der Waals surface area contributed by atoms with Crippen molar-refractivity contribution >= 4 is 28.6 Å². The molecule has 2 heterocycles. The van der Waals surface area contributed by atoms with Crippen LogP contribution in [0.1, 0.15) is 21.7 Å². The van der Waals surface area contributed by atoms with E-state index in [4.69, 9.17) is 18.9 Å². The Hall–Kier alpha value is -4.57. The van der Waals surface area contributed by atoms with Gasteiger partial charge in [0.25, 0.3) is 11.5 Å². The first-order valence-corrected chi connectivity index (χ1v) is 12.9. The van der Waals surface area contributed by atoms with Crippen LogP contribution in [0.5, 0.6) is 11.5 Å². The predicted molar refractivity (Wildman–Crippen MR) is 146 cm³/mol. The standard InChI is InChI=1S/C29H24FN3O5S/c1-36-25-11-9-21(15-26(25)37-2)33-28(35)23-10-8-19(27(34)31-16-22-7-4-12-38-22)14-24(23)32-29(33)39-17-18-5-3-6-20(30)13-18/h3-15H,16-17H2,1-2H3,(H,31,34). The average molecular weight is 546 g/mol. The summed E-state index contributed by atoms with van der Waals surface area (Å²) in [5.41, 5.74) is 1.65. The third-order valence-corrected chi connectivity index (χ3v) is 7.00. The van der Waals surface area contributed by atoms with Gasteiger partial charge in [0.1, 0.15) is 11.6 Å². The number of carbonyl (C=O) groups excluding carboxylic acids is 1. The molecule has 0 unspecified atom stereocenters. The Morgan fingerprint density at radius 2 is 1.87 bits per heavy atom. The zero-order valence-electron chi connectivity index (χ0n) is 21.1. The van der Waals surface area contributed by atoms with Gasteiger partial charge in [-0.05, 0) is 60.2 Å². The molecule has 0 radical (unpaired) electrons. The highest BCUT2D eigenvalue weighted by atomic mass is 32.2. The number of amides is 1. The quantitative estimate of drug-likeness (QED) is 0.197. The number of hydrogen-bond acceptors (Lipinski definition) is 7. The van der Waals surface area contributed by atoms with Crippen molar-refractivity contribution < 1.29 is 23.1 Å². The fourth-order valence-electron chi connectivity index (χ4n) is 4.05. The van der Waals surface area contributed by atoms with Crippen molar-refractivity contribution in [1.82, 2.24) is 14.9 Å². The van der Waals surface area contributed by atoms with E-state index in [1.807, 2.05) is 0 Å². The topological polar surface area (TPSA) is 95.6 Å². The molecule has 5 rings (SSSR count). The monoisotopic (exact) mass is 545 g/mol. The lowest BCUT2D eigenvalue weighted by molar-refractivity contribution is 0.0948. The van der Waals surface area contributed by atoms with Crippen LogP contribution in [-0.4, -0.2) is 29.7 Å². The highest BCUT2D eigenvalue weighted by Gasteiger charge is 2.17. The molecule has 0 spiro atoms. The van der Waals surface area contributed by atoms with E-state index in [0.29, 0.717) is 50.3 Å². The zero-order chi connectivity index (χ0) is 27.4. The molecular weight excluding hydrogens is 521 g/mol. The van der Waals surface area contributed by atoms with Gasteiger partial charge in [0.15, 0.2) is 16.7 Å². The first-order valence-electron chi connectivity index (χ1n) is 11.9. The van der Waals surface area contributed by atoms with Gasteiger partial charge in [0, 0.05) is 17.4 Å². The molecule has 2 aromatic heterocycles. The maximum atomic E-state index is 13.8. The second-order valence-electron chi connectivity index (χ2n) is 8.49. The summed E-state index contributed by atoms with van der Waals surface area (Å²) < 4.78 is 31.3. The van der Waals surface area contributed by atoms with Crippen molar-refractivity contribution in [2.75, 3.05) is 14.2 Å². The van der Waals surface area contributed by atoms with Crippen LogP contribution in [0.25, 0.3) is 16.6 Å². The van der Waals surface area contributed by atoms with Gasteiger partial charge < -0.3 is 19.2 Å². The van der Waals surface area contributed by atoms with E-state index in [0.717, 1.165) is 5.56 Å². The number of methoxy groups -OCH3 is 2. The van der Waals surface area contributed by atoms with Gasteiger partial charge in [0.05, 0.1) is 43.6 Å². The smallest absolute Gasteiger partial charge is 0.266 e. The van der Waals surface area contributed by atoms with Crippen LogP contribution in [-0.2, 0) is 12.3 Å². The lowest BCUT2D eigenvalue weighted by atomic mass is 10.1. The van der Waals surface area contributed by atoms with Crippen molar-refractivity contribution in [1.29, 1.82) is 0 Å². The van der Waals surface area contributed by atoms with Crippen LogP contribution >= 0.6 is 11.8 Å². The van der Waals surface area contributed by atoms with Gasteiger partial charge in [0.2, 0.25) is 0 Å². The summed E-state index contributed by atoms with van der Waals surface area (Å²) in [6, 6.07) is 19.6. The van der Waals surface area contributed by atoms with E-state index in [9.17, 15) is 14.0 Å². The van der Waals surface area contributed by atoms with Crippen LogP contribution in [0.3, 0.4) is 0 Å². The molecule has 0 saturated heterocycles. The molecule has 0 aliphatic rings. The molecule has 0 atom stereocenters. The Labute approximate surface area is 227 Å². The molecule has 0 aliphatic heterocycles. The van der Waals surface area contributed by atoms with E-state index < -0.39 is 0 Å². The second-order valence-corrected chi connectivity index (χ2v) is 9.43. The van der Waals surface area contributed by atoms with Gasteiger partial charge in [-0.15, -0.1) is 0 Å². The number of nitrogens with zero attached hydrogens (tertiary/aromatic N) is 2. The summed E-state index contributed by atoms with van der Waals surface area (Å²) in [5, 5.41) is 3.51. The van der Waals surface area contributed by atoms with Gasteiger partial charge in [-0.25, -0.2) is 9.37 Å². The normalized spacial score (nSPS) is 10.9. The molecule has 5 aromatic rings. The minimum absolute atomic E-state index is 0.229. The Kier molecular flexibility index (Phi) is 7.64. The van der Waals surface area contributed by atoms with Gasteiger partial charge in [-0.2, -0.15) is 0 Å². The summed E-state index contributed by atoms with van der Waals surface area (Å²) in [7, 11) is 3.05. The molecule has 1 N–H and O–H groups in total. The summed E-state index contributed by atoms with van der Waals surface area (Å²) >= 11 is 1.28. The summed E-state index contributed by atoms with van der Waals surface area (Å²) in [6.07, 6.45) is 1.54. The van der Waals surface area contributed by atoms with Crippen LogP contribution < -0.4 is 20.3 Å². The number of benzene rings is 3. The number of ether oxygens (including phenoxy) is 2. The highest BCUT2D eigenvalue weighted by molar-refractivity contribution is 7.98. The van der Waals surface area contributed by atoms with E-state index in [1.165, 1.54) is 48.9 Å². The Balaban J connectivity index is 1.57. The molecule has 0 aliphatic carbocycles. The number of halogens is 1. The molecule has 3 aromatic carbocycles. The third-order valence-electron chi connectivity index (χ3n) is 5.99. The van der Waals surface area contributed by atoms with Crippen LogP contribution in [0, 0.1) is 5.82 Å². The SMILES string of the molecule is COc1ccc(-n2c(SCc3cccc(F)c3)nc3cc(C(=O)NCc4ccco4)ccc3c2=O)cc1OC. The number of aromatic nitrogens is 2.